The maximum absolute atomic E-state index is 13.0. The van der Waals surface area contributed by atoms with Crippen LogP contribution in [0.15, 0.2) is 46.4 Å². The van der Waals surface area contributed by atoms with E-state index in [4.69, 9.17) is 32.4 Å². The van der Waals surface area contributed by atoms with Crippen LogP contribution in [0.5, 0.6) is 5.75 Å². The topological polar surface area (TPSA) is 58.8 Å². The van der Waals surface area contributed by atoms with E-state index in [2.05, 4.69) is 9.88 Å². The quantitative estimate of drug-likeness (QED) is 0.379. The fourth-order valence-electron chi connectivity index (χ4n) is 3.66. The molecule has 0 spiro atoms. The number of rotatable bonds is 9. The lowest BCUT2D eigenvalue weighted by Gasteiger charge is -2.29. The van der Waals surface area contributed by atoms with E-state index in [1.54, 1.807) is 35.2 Å². The number of halogens is 2. The van der Waals surface area contributed by atoms with Crippen LogP contribution in [0.25, 0.3) is 0 Å². The van der Waals surface area contributed by atoms with Gasteiger partial charge in [0.15, 0.2) is 5.76 Å². The molecule has 1 aliphatic heterocycles. The number of ether oxygens (including phenoxy) is 1. The van der Waals surface area contributed by atoms with E-state index in [0.29, 0.717) is 34.6 Å². The summed E-state index contributed by atoms with van der Waals surface area (Å²) in [6, 6.07) is 8.53. The monoisotopic (exact) mass is 493 g/mol. The molecule has 1 amide bonds. The summed E-state index contributed by atoms with van der Waals surface area (Å²) in [6.07, 6.45) is 5.25. The van der Waals surface area contributed by atoms with E-state index in [9.17, 15) is 4.79 Å². The normalized spacial score (nSPS) is 14.4. The molecule has 0 saturated carbocycles. The molecule has 0 radical (unpaired) electrons. The van der Waals surface area contributed by atoms with Crippen LogP contribution < -0.4 is 4.74 Å². The minimum absolute atomic E-state index is 0.122. The predicted octanol–water partition coefficient (Wildman–Crippen LogP) is 5.75. The Balaban J connectivity index is 1.39. The zero-order valence-electron chi connectivity index (χ0n) is 17.6. The first kappa shape index (κ1) is 23.1. The van der Waals surface area contributed by atoms with E-state index >= 15 is 0 Å². The highest BCUT2D eigenvalue weighted by molar-refractivity contribution is 7.09. The van der Waals surface area contributed by atoms with Crippen molar-refractivity contribution in [3.8, 4) is 5.75 Å². The third-order valence-corrected chi connectivity index (χ3v) is 6.77. The summed E-state index contributed by atoms with van der Waals surface area (Å²) in [5, 5.41) is 3.82. The van der Waals surface area contributed by atoms with Gasteiger partial charge < -0.3 is 19.0 Å². The summed E-state index contributed by atoms with van der Waals surface area (Å²) in [5.74, 6) is 0.744. The van der Waals surface area contributed by atoms with Crippen LogP contribution in [0.4, 0.5) is 0 Å². The average Bonchev–Trinajstić information content (AvgIpc) is 3.50. The number of hydrogen-bond acceptors (Lipinski definition) is 6. The highest BCUT2D eigenvalue weighted by Crippen LogP contribution is 2.28. The van der Waals surface area contributed by atoms with Gasteiger partial charge in [0.05, 0.1) is 23.5 Å². The SMILES string of the molecule is O=C(c1ccco1)N(CCN1CCCCC1)Cc1csc(COc2cc(Cl)ccc2Cl)n1. The van der Waals surface area contributed by atoms with Gasteiger partial charge in [0.1, 0.15) is 17.4 Å². The smallest absolute Gasteiger partial charge is 0.289 e. The third kappa shape index (κ3) is 6.25. The predicted molar refractivity (Wildman–Crippen MR) is 127 cm³/mol. The van der Waals surface area contributed by atoms with E-state index in [1.807, 2.05) is 5.38 Å². The molecule has 3 heterocycles. The highest BCUT2D eigenvalue weighted by atomic mass is 35.5. The van der Waals surface area contributed by atoms with Gasteiger partial charge in [-0.2, -0.15) is 0 Å². The number of likely N-dealkylation sites (tertiary alicyclic amines) is 1. The minimum atomic E-state index is -0.122. The van der Waals surface area contributed by atoms with Crippen LogP contribution in [0.2, 0.25) is 10.0 Å². The van der Waals surface area contributed by atoms with Gasteiger partial charge in [-0.1, -0.05) is 29.6 Å². The lowest BCUT2D eigenvalue weighted by molar-refractivity contribution is 0.0681. The first-order valence-corrected chi connectivity index (χ1v) is 12.3. The number of aromatic nitrogens is 1. The van der Waals surface area contributed by atoms with Crippen molar-refractivity contribution in [1.82, 2.24) is 14.8 Å². The molecule has 4 rings (SSSR count). The molecule has 0 N–H and O–H groups in total. The van der Waals surface area contributed by atoms with Gasteiger partial charge in [0.25, 0.3) is 5.91 Å². The van der Waals surface area contributed by atoms with Gasteiger partial charge in [-0.25, -0.2) is 4.98 Å². The molecule has 1 saturated heterocycles. The number of carbonyl (C=O) groups excluding carboxylic acids is 1. The number of thiazole rings is 1. The molecule has 6 nitrogen and oxygen atoms in total. The van der Waals surface area contributed by atoms with Gasteiger partial charge in [0, 0.05) is 29.6 Å². The van der Waals surface area contributed by atoms with Crippen molar-refractivity contribution in [3.63, 3.8) is 0 Å². The second-order valence-electron chi connectivity index (χ2n) is 7.70. The van der Waals surface area contributed by atoms with Crippen LogP contribution >= 0.6 is 34.5 Å². The molecule has 9 heteroatoms. The number of carbonyl (C=O) groups is 1. The molecule has 1 aromatic carbocycles. The number of amides is 1. The van der Waals surface area contributed by atoms with Crippen molar-refractivity contribution < 1.29 is 13.9 Å². The van der Waals surface area contributed by atoms with E-state index in [-0.39, 0.29) is 12.5 Å². The molecule has 0 aliphatic carbocycles. The summed E-state index contributed by atoms with van der Waals surface area (Å²) >= 11 is 13.7. The lowest BCUT2D eigenvalue weighted by Crippen LogP contribution is -2.40. The van der Waals surface area contributed by atoms with Crippen molar-refractivity contribution in [2.24, 2.45) is 0 Å². The van der Waals surface area contributed by atoms with Gasteiger partial charge in [-0.05, 0) is 50.2 Å². The Hall–Kier alpha value is -2.06. The average molecular weight is 494 g/mol. The van der Waals surface area contributed by atoms with Crippen molar-refractivity contribution in [1.29, 1.82) is 0 Å². The molecule has 0 atom stereocenters. The molecule has 32 heavy (non-hydrogen) atoms. The largest absolute Gasteiger partial charge is 0.485 e. The lowest BCUT2D eigenvalue weighted by atomic mass is 10.1. The molecular weight excluding hydrogens is 469 g/mol. The fraction of sp³-hybridized carbons (Fsp3) is 0.391. The van der Waals surface area contributed by atoms with Crippen LogP contribution in [-0.2, 0) is 13.2 Å². The first-order chi connectivity index (χ1) is 15.6. The van der Waals surface area contributed by atoms with E-state index in [1.165, 1.54) is 36.9 Å². The Bertz CT molecular complexity index is 1020. The summed E-state index contributed by atoms with van der Waals surface area (Å²) in [4.78, 5) is 21.9. The zero-order valence-corrected chi connectivity index (χ0v) is 20.0. The molecule has 1 aliphatic rings. The number of nitrogens with zero attached hydrogens (tertiary/aromatic N) is 3. The molecule has 2 aromatic heterocycles. The first-order valence-electron chi connectivity index (χ1n) is 10.6. The van der Waals surface area contributed by atoms with Crippen molar-refractivity contribution in [2.45, 2.75) is 32.4 Å². The van der Waals surface area contributed by atoms with Crippen LogP contribution in [-0.4, -0.2) is 46.9 Å². The molecule has 0 bridgehead atoms. The Morgan fingerprint density at radius 1 is 1.22 bits per heavy atom. The van der Waals surface area contributed by atoms with Gasteiger partial charge >= 0.3 is 0 Å². The van der Waals surface area contributed by atoms with Crippen LogP contribution in [0.3, 0.4) is 0 Å². The number of furan rings is 1. The second kappa shape index (κ2) is 11.2. The minimum Gasteiger partial charge on any atom is -0.485 e. The van der Waals surface area contributed by atoms with Gasteiger partial charge in [-0.3, -0.25) is 4.79 Å². The van der Waals surface area contributed by atoms with Crippen molar-refractivity contribution in [2.75, 3.05) is 26.2 Å². The van der Waals surface area contributed by atoms with Crippen molar-refractivity contribution in [3.05, 3.63) is 68.5 Å². The summed E-state index contributed by atoms with van der Waals surface area (Å²) in [5.41, 5.74) is 0.823. The van der Waals surface area contributed by atoms with Crippen LogP contribution in [0.1, 0.15) is 40.5 Å². The molecule has 0 unspecified atom stereocenters. The Morgan fingerprint density at radius 2 is 2.06 bits per heavy atom. The molecular formula is C23H25Cl2N3O3S. The molecule has 170 valence electrons. The zero-order chi connectivity index (χ0) is 22.3. The number of hydrogen-bond donors (Lipinski definition) is 0. The van der Waals surface area contributed by atoms with Gasteiger partial charge in [0.2, 0.25) is 0 Å². The fourth-order valence-corrected chi connectivity index (χ4v) is 4.69. The van der Waals surface area contributed by atoms with Crippen LogP contribution in [0, 0.1) is 0 Å². The Kier molecular flexibility index (Phi) is 8.08. The third-order valence-electron chi connectivity index (χ3n) is 5.35. The Labute approximate surface area is 201 Å². The summed E-state index contributed by atoms with van der Waals surface area (Å²) in [6.45, 7) is 4.35. The summed E-state index contributed by atoms with van der Waals surface area (Å²) < 4.78 is 11.1. The van der Waals surface area contributed by atoms with Crippen molar-refractivity contribution >= 4 is 40.4 Å². The highest BCUT2D eigenvalue weighted by Gasteiger charge is 2.21. The summed E-state index contributed by atoms with van der Waals surface area (Å²) in [7, 11) is 0. The second-order valence-corrected chi connectivity index (χ2v) is 9.49. The maximum Gasteiger partial charge on any atom is 0.289 e. The van der Waals surface area contributed by atoms with Gasteiger partial charge in [-0.15, -0.1) is 11.3 Å². The van der Waals surface area contributed by atoms with E-state index in [0.717, 1.165) is 30.3 Å². The Morgan fingerprint density at radius 3 is 2.84 bits per heavy atom. The van der Waals surface area contributed by atoms with E-state index < -0.39 is 0 Å². The molecule has 3 aromatic rings. The molecule has 1 fully saturated rings. The number of piperidine rings is 1. The maximum atomic E-state index is 13.0. The standard InChI is InChI=1S/C23H25Cl2N3O3S/c24-17-6-7-19(25)21(13-17)31-15-22-26-18(16-32-22)14-28(23(29)20-5-4-12-30-20)11-10-27-8-2-1-3-9-27/h4-7,12-13,16H,1-3,8-11,14-15H2. The number of benzene rings is 1.